The van der Waals surface area contributed by atoms with E-state index in [1.807, 2.05) is 6.92 Å². The van der Waals surface area contributed by atoms with Crippen LogP contribution < -0.4 is 4.74 Å². The third-order valence-electron chi connectivity index (χ3n) is 2.11. The first-order valence-electron chi connectivity index (χ1n) is 4.84. The van der Waals surface area contributed by atoms with Crippen LogP contribution in [-0.2, 0) is 6.54 Å². The van der Waals surface area contributed by atoms with Crippen molar-refractivity contribution in [3.63, 3.8) is 0 Å². The summed E-state index contributed by atoms with van der Waals surface area (Å²) in [6, 6.07) is 4.93. The number of aryl methyl sites for hydroxylation is 1. The van der Waals surface area contributed by atoms with E-state index in [2.05, 4.69) is 20.9 Å². The van der Waals surface area contributed by atoms with E-state index < -0.39 is 5.82 Å². The van der Waals surface area contributed by atoms with Crippen molar-refractivity contribution < 1.29 is 9.13 Å². The maximum atomic E-state index is 13.4. The quantitative estimate of drug-likeness (QED) is 0.861. The molecule has 0 unspecified atom stereocenters. The second-order valence-corrected chi connectivity index (χ2v) is 4.09. The minimum Gasteiger partial charge on any atom is -0.422 e. The molecule has 5 heteroatoms. The number of hydrogen-bond donors (Lipinski definition) is 0. The summed E-state index contributed by atoms with van der Waals surface area (Å²) >= 11 is 3.26. The number of ether oxygens (including phenoxy) is 1. The molecule has 3 nitrogen and oxygen atoms in total. The summed E-state index contributed by atoms with van der Waals surface area (Å²) in [6.07, 6.45) is 3.40. The Morgan fingerprint density at radius 2 is 2.31 bits per heavy atom. The summed E-state index contributed by atoms with van der Waals surface area (Å²) in [5.74, 6) is -0.246. The Balaban J connectivity index is 2.30. The molecule has 16 heavy (non-hydrogen) atoms. The minimum atomic E-state index is -0.408. The van der Waals surface area contributed by atoms with Gasteiger partial charge in [-0.05, 0) is 25.1 Å². The molecule has 0 spiro atoms. The number of benzene rings is 1. The summed E-state index contributed by atoms with van der Waals surface area (Å²) in [6.45, 7) is 2.69. The molecule has 0 N–H and O–H groups in total. The second kappa shape index (κ2) is 4.65. The lowest BCUT2D eigenvalue weighted by molar-refractivity contribution is 0.390. The lowest BCUT2D eigenvalue weighted by Crippen LogP contribution is -1.98. The van der Waals surface area contributed by atoms with E-state index in [9.17, 15) is 4.39 Å². The zero-order valence-electron chi connectivity index (χ0n) is 8.65. The van der Waals surface area contributed by atoms with Crippen LogP contribution in [0.5, 0.6) is 11.8 Å². The van der Waals surface area contributed by atoms with Crippen molar-refractivity contribution in [2.75, 3.05) is 0 Å². The SMILES string of the molecule is CCn1ccnc1Oc1cc(Br)ccc1F. The van der Waals surface area contributed by atoms with Crippen LogP contribution in [0, 0.1) is 5.82 Å². The Morgan fingerprint density at radius 1 is 1.50 bits per heavy atom. The molecule has 0 fully saturated rings. The molecule has 1 aromatic heterocycles. The highest BCUT2D eigenvalue weighted by Gasteiger charge is 2.08. The Labute approximate surface area is 101 Å². The largest absolute Gasteiger partial charge is 0.422 e. The van der Waals surface area contributed by atoms with Crippen LogP contribution in [0.3, 0.4) is 0 Å². The molecule has 84 valence electrons. The van der Waals surface area contributed by atoms with Gasteiger partial charge < -0.3 is 9.30 Å². The molecule has 0 aliphatic rings. The summed E-state index contributed by atoms with van der Waals surface area (Å²) in [5, 5.41) is 0. The fourth-order valence-electron chi connectivity index (χ4n) is 1.29. The molecular weight excluding hydrogens is 275 g/mol. The van der Waals surface area contributed by atoms with Crippen molar-refractivity contribution in [3.8, 4) is 11.8 Å². The van der Waals surface area contributed by atoms with Crippen molar-refractivity contribution in [2.45, 2.75) is 13.5 Å². The molecule has 0 saturated heterocycles. The molecule has 0 aliphatic heterocycles. The minimum absolute atomic E-state index is 0.162. The van der Waals surface area contributed by atoms with Crippen LogP contribution in [-0.4, -0.2) is 9.55 Å². The van der Waals surface area contributed by atoms with Crippen molar-refractivity contribution in [2.24, 2.45) is 0 Å². The fraction of sp³-hybridized carbons (Fsp3) is 0.182. The molecule has 0 bridgehead atoms. The Kier molecular flexibility index (Phi) is 3.24. The van der Waals surface area contributed by atoms with Gasteiger partial charge >= 0.3 is 6.01 Å². The van der Waals surface area contributed by atoms with E-state index in [1.165, 1.54) is 6.07 Å². The van der Waals surface area contributed by atoms with Crippen molar-refractivity contribution in [1.82, 2.24) is 9.55 Å². The van der Waals surface area contributed by atoms with Gasteiger partial charge in [0, 0.05) is 23.4 Å². The maximum absolute atomic E-state index is 13.4. The van der Waals surface area contributed by atoms with Gasteiger partial charge in [0.05, 0.1) is 0 Å². The van der Waals surface area contributed by atoms with Gasteiger partial charge in [-0.15, -0.1) is 0 Å². The van der Waals surface area contributed by atoms with Gasteiger partial charge in [-0.2, -0.15) is 0 Å². The molecule has 2 aromatic rings. The summed E-state index contributed by atoms with van der Waals surface area (Å²) in [4.78, 5) is 4.01. The topological polar surface area (TPSA) is 27.1 Å². The number of imidazole rings is 1. The third kappa shape index (κ3) is 2.24. The molecule has 1 heterocycles. The van der Waals surface area contributed by atoms with Crippen LogP contribution in [0.2, 0.25) is 0 Å². The van der Waals surface area contributed by atoms with Crippen molar-refractivity contribution >= 4 is 15.9 Å². The standard InChI is InChI=1S/C11H10BrFN2O/c1-2-15-6-5-14-11(15)16-10-7-8(12)3-4-9(10)13/h3-7H,2H2,1H3. The lowest BCUT2D eigenvalue weighted by Gasteiger charge is -2.07. The predicted octanol–water partition coefficient (Wildman–Crippen LogP) is 3.60. The predicted molar refractivity (Wildman–Crippen MR) is 62.1 cm³/mol. The molecule has 2 rings (SSSR count). The summed E-state index contributed by atoms with van der Waals surface area (Å²) in [7, 11) is 0. The van der Waals surface area contributed by atoms with E-state index >= 15 is 0 Å². The monoisotopic (exact) mass is 284 g/mol. The molecular formula is C11H10BrFN2O. The lowest BCUT2D eigenvalue weighted by atomic mass is 10.3. The number of nitrogens with zero attached hydrogens (tertiary/aromatic N) is 2. The van der Waals surface area contributed by atoms with E-state index in [0.717, 1.165) is 11.0 Å². The van der Waals surface area contributed by atoms with Crippen LogP contribution in [0.1, 0.15) is 6.92 Å². The average molecular weight is 285 g/mol. The van der Waals surface area contributed by atoms with E-state index in [4.69, 9.17) is 4.74 Å². The molecule has 0 atom stereocenters. The summed E-state index contributed by atoms with van der Waals surface area (Å²) < 4.78 is 21.4. The van der Waals surface area contributed by atoms with Gasteiger partial charge in [-0.25, -0.2) is 9.37 Å². The van der Waals surface area contributed by atoms with Gasteiger partial charge in [-0.3, -0.25) is 0 Å². The zero-order chi connectivity index (χ0) is 11.5. The van der Waals surface area contributed by atoms with Crippen LogP contribution in [0.25, 0.3) is 0 Å². The zero-order valence-corrected chi connectivity index (χ0v) is 10.2. The molecule has 1 aromatic carbocycles. The van der Waals surface area contributed by atoms with E-state index in [1.54, 1.807) is 29.1 Å². The molecule has 0 aliphatic carbocycles. The van der Waals surface area contributed by atoms with E-state index in [-0.39, 0.29) is 5.75 Å². The first-order valence-corrected chi connectivity index (χ1v) is 5.64. The number of aromatic nitrogens is 2. The average Bonchev–Trinajstić information content (AvgIpc) is 2.71. The van der Waals surface area contributed by atoms with E-state index in [0.29, 0.717) is 6.01 Å². The first-order chi connectivity index (χ1) is 7.70. The van der Waals surface area contributed by atoms with Gasteiger partial charge in [-0.1, -0.05) is 15.9 Å². The van der Waals surface area contributed by atoms with Crippen molar-refractivity contribution in [1.29, 1.82) is 0 Å². The highest BCUT2D eigenvalue weighted by Crippen LogP contribution is 2.26. The highest BCUT2D eigenvalue weighted by molar-refractivity contribution is 9.10. The van der Waals surface area contributed by atoms with Crippen molar-refractivity contribution in [3.05, 3.63) is 40.9 Å². The Hall–Kier alpha value is -1.36. The Bertz CT molecular complexity index is 498. The van der Waals surface area contributed by atoms with Gasteiger partial charge in [0.15, 0.2) is 11.6 Å². The normalized spacial score (nSPS) is 10.4. The fourth-order valence-corrected chi connectivity index (χ4v) is 1.63. The second-order valence-electron chi connectivity index (χ2n) is 3.17. The number of rotatable bonds is 3. The third-order valence-corrected chi connectivity index (χ3v) is 2.61. The van der Waals surface area contributed by atoms with Gasteiger partial charge in [0.1, 0.15) is 0 Å². The molecule has 0 saturated carbocycles. The van der Waals surface area contributed by atoms with Crippen LogP contribution in [0.15, 0.2) is 35.1 Å². The van der Waals surface area contributed by atoms with Crippen LogP contribution in [0.4, 0.5) is 4.39 Å². The van der Waals surface area contributed by atoms with Crippen LogP contribution >= 0.6 is 15.9 Å². The summed E-state index contributed by atoms with van der Waals surface area (Å²) in [5.41, 5.74) is 0. The smallest absolute Gasteiger partial charge is 0.301 e. The Morgan fingerprint density at radius 3 is 3.06 bits per heavy atom. The van der Waals surface area contributed by atoms with Gasteiger partial charge in [0.25, 0.3) is 0 Å². The number of hydrogen-bond acceptors (Lipinski definition) is 2. The van der Waals surface area contributed by atoms with Gasteiger partial charge in [0.2, 0.25) is 0 Å². The first kappa shape index (κ1) is 11.1. The molecule has 0 radical (unpaired) electrons. The highest BCUT2D eigenvalue weighted by atomic mass is 79.9. The molecule has 0 amide bonds. The maximum Gasteiger partial charge on any atom is 0.301 e. The number of halogens is 2.